The van der Waals surface area contributed by atoms with Gasteiger partial charge in [-0.2, -0.15) is 0 Å². The average Bonchev–Trinajstić information content (AvgIpc) is 3.62. The lowest BCUT2D eigenvalue weighted by Gasteiger charge is -2.32. The van der Waals surface area contributed by atoms with Crippen molar-refractivity contribution in [2.24, 2.45) is 5.92 Å². The Bertz CT molecular complexity index is 510. The number of methoxy groups -OCH3 is 1. The van der Waals surface area contributed by atoms with Gasteiger partial charge in [0.25, 0.3) is 0 Å². The van der Waals surface area contributed by atoms with Crippen molar-refractivity contribution in [2.45, 2.75) is 53.4 Å². The van der Waals surface area contributed by atoms with Crippen molar-refractivity contribution in [3.8, 4) is 0 Å². The fraction of sp³-hybridized carbons (Fsp3) is 0.870. The molecule has 31 heavy (non-hydrogen) atoms. The summed E-state index contributed by atoms with van der Waals surface area (Å²) >= 11 is 0. The first-order chi connectivity index (χ1) is 14.8. The molecule has 1 aliphatic carbocycles. The van der Waals surface area contributed by atoms with Crippen molar-refractivity contribution in [2.75, 3.05) is 73.6 Å². The molecule has 8 nitrogen and oxygen atoms in total. The zero-order chi connectivity index (χ0) is 23.8. The van der Waals surface area contributed by atoms with E-state index in [4.69, 9.17) is 0 Å². The smallest absolute Gasteiger partial charge is 0.315 e. The van der Waals surface area contributed by atoms with Crippen LogP contribution in [0.5, 0.6) is 0 Å². The highest BCUT2D eigenvalue weighted by Gasteiger charge is 2.34. The minimum Gasteiger partial charge on any atom is -0.469 e. The van der Waals surface area contributed by atoms with Gasteiger partial charge in [0.1, 0.15) is 6.42 Å². The summed E-state index contributed by atoms with van der Waals surface area (Å²) in [5, 5.41) is 0. The zero-order valence-corrected chi connectivity index (χ0v) is 21.0. The third kappa shape index (κ3) is 12.7. The predicted molar refractivity (Wildman–Crippen MR) is 125 cm³/mol. The third-order valence-electron chi connectivity index (χ3n) is 5.12. The fourth-order valence-electron chi connectivity index (χ4n) is 2.98. The molecular formula is C23H46N4O4. The average molecular weight is 443 g/mol. The van der Waals surface area contributed by atoms with E-state index in [1.165, 1.54) is 13.5 Å². The van der Waals surface area contributed by atoms with Crippen molar-refractivity contribution >= 4 is 17.8 Å². The van der Waals surface area contributed by atoms with E-state index in [1.807, 2.05) is 25.8 Å². The maximum atomic E-state index is 11.6. The fourth-order valence-corrected chi connectivity index (χ4v) is 2.98. The highest BCUT2D eigenvalue weighted by Crippen LogP contribution is 2.31. The molecule has 0 unspecified atom stereocenters. The van der Waals surface area contributed by atoms with Gasteiger partial charge in [0.05, 0.1) is 7.11 Å². The van der Waals surface area contributed by atoms with Gasteiger partial charge in [-0.05, 0) is 26.9 Å². The molecule has 182 valence electrons. The summed E-state index contributed by atoms with van der Waals surface area (Å²) in [5.41, 5.74) is 0. The van der Waals surface area contributed by atoms with Gasteiger partial charge in [0, 0.05) is 58.3 Å². The van der Waals surface area contributed by atoms with Crippen molar-refractivity contribution in [1.29, 1.82) is 0 Å². The molecule has 2 heterocycles. The number of nitrogens with zero attached hydrogens (tertiary/aromatic N) is 4. The van der Waals surface area contributed by atoms with Gasteiger partial charge in [-0.25, -0.2) is 0 Å². The molecule has 0 bridgehead atoms. The number of rotatable bonds is 3. The molecule has 0 radical (unpaired) electrons. The molecule has 2 aliphatic heterocycles. The topological polar surface area (TPSA) is 73.4 Å². The number of carbonyl (C=O) groups is 3. The molecule has 2 amide bonds. The largest absolute Gasteiger partial charge is 0.469 e. The van der Waals surface area contributed by atoms with Gasteiger partial charge < -0.3 is 24.3 Å². The lowest BCUT2D eigenvalue weighted by molar-refractivity contribution is -0.147. The summed E-state index contributed by atoms with van der Waals surface area (Å²) in [6.45, 7) is 15.3. The number of hydrogen-bond donors (Lipinski definition) is 0. The molecule has 1 saturated carbocycles. The Balaban J connectivity index is 0.000000484. The van der Waals surface area contributed by atoms with Crippen LogP contribution in [0.25, 0.3) is 0 Å². The molecule has 8 heteroatoms. The van der Waals surface area contributed by atoms with Crippen molar-refractivity contribution < 1.29 is 19.1 Å². The minimum absolute atomic E-state index is 0.134. The highest BCUT2D eigenvalue weighted by molar-refractivity contribution is 5.94. The van der Waals surface area contributed by atoms with Crippen LogP contribution in [0.4, 0.5) is 0 Å². The van der Waals surface area contributed by atoms with E-state index in [0.717, 1.165) is 52.1 Å². The zero-order valence-electron chi connectivity index (χ0n) is 21.0. The maximum absolute atomic E-state index is 11.6. The van der Waals surface area contributed by atoms with Crippen molar-refractivity contribution in [3.05, 3.63) is 0 Å². The summed E-state index contributed by atoms with van der Waals surface area (Å²) in [6.07, 6.45) is 3.37. The number of hydrogen-bond acceptors (Lipinski definition) is 6. The van der Waals surface area contributed by atoms with Crippen molar-refractivity contribution in [1.82, 2.24) is 19.6 Å². The Morgan fingerprint density at radius 2 is 1.16 bits per heavy atom. The second kappa shape index (κ2) is 17.0. The van der Waals surface area contributed by atoms with Gasteiger partial charge >= 0.3 is 5.97 Å². The second-order valence-corrected chi connectivity index (χ2v) is 8.05. The Kier molecular flexibility index (Phi) is 16.0. The lowest BCUT2D eigenvalue weighted by atomic mass is 10.3. The van der Waals surface area contributed by atoms with Crippen LogP contribution < -0.4 is 0 Å². The number of carbonyl (C=O) groups excluding carboxylic acids is 3. The summed E-state index contributed by atoms with van der Waals surface area (Å²) < 4.78 is 4.44. The Morgan fingerprint density at radius 1 is 0.774 bits per heavy atom. The Labute approximate surface area is 189 Å². The van der Waals surface area contributed by atoms with Gasteiger partial charge in [-0.15, -0.1) is 0 Å². The normalized spacial score (nSPS) is 18.9. The van der Waals surface area contributed by atoms with E-state index in [1.54, 1.807) is 4.90 Å². The molecule has 3 rings (SSSR count). The molecular weight excluding hydrogens is 396 g/mol. The molecule has 0 aromatic carbocycles. The Morgan fingerprint density at radius 3 is 1.52 bits per heavy atom. The van der Waals surface area contributed by atoms with Crippen LogP contribution in [0.2, 0.25) is 0 Å². The predicted octanol–water partition coefficient (Wildman–Crippen LogP) is 1.94. The molecule has 3 fully saturated rings. The summed E-state index contributed by atoms with van der Waals surface area (Å²) in [6, 6.07) is 0. The van der Waals surface area contributed by atoms with Gasteiger partial charge in [-0.1, -0.05) is 34.1 Å². The number of amides is 2. The maximum Gasteiger partial charge on any atom is 0.315 e. The molecule has 0 N–H and O–H groups in total. The van der Waals surface area contributed by atoms with Crippen LogP contribution >= 0.6 is 0 Å². The first-order valence-electron chi connectivity index (χ1n) is 11.8. The van der Waals surface area contributed by atoms with E-state index in [2.05, 4.69) is 35.4 Å². The number of ether oxygens (including phenoxy) is 1. The van der Waals surface area contributed by atoms with Crippen LogP contribution in [-0.2, 0) is 19.1 Å². The second-order valence-electron chi connectivity index (χ2n) is 8.05. The summed E-state index contributed by atoms with van der Waals surface area (Å²) in [7, 11) is 5.42. The van der Waals surface area contributed by atoms with E-state index in [0.29, 0.717) is 24.9 Å². The highest BCUT2D eigenvalue weighted by atomic mass is 16.5. The lowest BCUT2D eigenvalue weighted by Crippen LogP contribution is -2.47. The number of likely N-dealkylation sites (N-methyl/N-ethyl adjacent to an activating group) is 2. The summed E-state index contributed by atoms with van der Waals surface area (Å²) in [4.78, 5) is 42.1. The Hall–Kier alpha value is -1.67. The number of esters is 1. The van der Waals surface area contributed by atoms with Crippen molar-refractivity contribution in [3.63, 3.8) is 0 Å². The van der Waals surface area contributed by atoms with Crippen LogP contribution in [0.15, 0.2) is 0 Å². The molecule has 0 aromatic rings. The van der Waals surface area contributed by atoms with E-state index < -0.39 is 5.97 Å². The molecule has 0 aromatic heterocycles. The van der Waals surface area contributed by atoms with Gasteiger partial charge in [-0.3, -0.25) is 14.4 Å². The molecule has 0 spiro atoms. The van der Waals surface area contributed by atoms with Crippen LogP contribution in [0.3, 0.4) is 0 Å². The molecule has 0 atom stereocenters. The first kappa shape index (κ1) is 29.3. The quantitative estimate of drug-likeness (QED) is 0.491. The minimum atomic E-state index is -0.464. The van der Waals surface area contributed by atoms with Crippen LogP contribution in [0, 0.1) is 5.92 Å². The van der Waals surface area contributed by atoms with E-state index in [9.17, 15) is 14.4 Å². The molecule has 2 saturated heterocycles. The van der Waals surface area contributed by atoms with E-state index in [-0.39, 0.29) is 12.3 Å². The summed E-state index contributed by atoms with van der Waals surface area (Å²) in [5.74, 6) is 0.204. The first-order valence-corrected chi connectivity index (χ1v) is 11.8. The number of piperazine rings is 2. The standard InChI is InChI=1S/C9H16N2O3.C9H16N2O.C3H8.C2H6/c1-10-3-5-11(6-4-10)8(12)7-9(13)14-2;1-10-4-6-11(7-5-10)9(12)8-2-3-8;1-3-2;1-2/h3-7H2,1-2H3;8H,2-7H2,1H3;3H2,1-2H3;1-2H3. The van der Waals surface area contributed by atoms with Gasteiger partial charge in [0.2, 0.25) is 11.8 Å². The SMILES string of the molecule is CC.CCC.CN1CCN(C(=O)C2CC2)CC1.COC(=O)CC(=O)N1CCN(C)CC1. The van der Waals surface area contributed by atoms with Crippen LogP contribution in [0.1, 0.15) is 53.4 Å². The van der Waals surface area contributed by atoms with Crippen LogP contribution in [-0.4, -0.2) is 111 Å². The monoisotopic (exact) mass is 442 g/mol. The molecule has 3 aliphatic rings. The van der Waals surface area contributed by atoms with Gasteiger partial charge in [0.15, 0.2) is 0 Å². The third-order valence-corrected chi connectivity index (χ3v) is 5.12. The van der Waals surface area contributed by atoms with E-state index >= 15 is 0 Å².